The lowest BCUT2D eigenvalue weighted by Gasteiger charge is -2.18. The average molecular weight is 436 g/mol. The Labute approximate surface area is 182 Å². The lowest BCUT2D eigenvalue weighted by Crippen LogP contribution is -2.18. The summed E-state index contributed by atoms with van der Waals surface area (Å²) in [4.78, 5) is 27.5. The van der Waals surface area contributed by atoms with E-state index >= 15 is 0 Å². The summed E-state index contributed by atoms with van der Waals surface area (Å²) in [5.74, 6) is 1.17. The largest absolute Gasteiger partial charge is 0.486 e. The van der Waals surface area contributed by atoms with E-state index in [1.165, 1.54) is 11.1 Å². The van der Waals surface area contributed by atoms with Crippen molar-refractivity contribution in [2.24, 2.45) is 0 Å². The number of H-pyrrole nitrogens is 1. The zero-order chi connectivity index (χ0) is 21.2. The third-order valence-corrected chi connectivity index (χ3v) is 6.08. The number of fused-ring (bicyclic) bond motifs is 2. The minimum Gasteiger partial charge on any atom is -0.486 e. The van der Waals surface area contributed by atoms with Crippen molar-refractivity contribution < 1.29 is 14.3 Å². The molecule has 31 heavy (non-hydrogen) atoms. The molecule has 0 fully saturated rings. The van der Waals surface area contributed by atoms with Gasteiger partial charge in [0.1, 0.15) is 13.2 Å². The van der Waals surface area contributed by atoms with Gasteiger partial charge >= 0.3 is 0 Å². The summed E-state index contributed by atoms with van der Waals surface area (Å²) in [5, 5.41) is 11.3. The van der Waals surface area contributed by atoms with Crippen LogP contribution in [0.3, 0.4) is 0 Å². The van der Waals surface area contributed by atoms with Crippen molar-refractivity contribution in [3.63, 3.8) is 0 Å². The number of rotatable bonds is 5. The summed E-state index contributed by atoms with van der Waals surface area (Å²) in [6.45, 7) is 0.959. The molecule has 0 bridgehead atoms. The van der Waals surface area contributed by atoms with Crippen LogP contribution in [0.1, 0.15) is 17.5 Å². The van der Waals surface area contributed by atoms with Crippen molar-refractivity contribution in [3.05, 3.63) is 57.9 Å². The third kappa shape index (κ3) is 4.27. The van der Waals surface area contributed by atoms with Gasteiger partial charge in [-0.15, -0.1) is 10.2 Å². The van der Waals surface area contributed by atoms with Gasteiger partial charge in [-0.05, 0) is 60.7 Å². The van der Waals surface area contributed by atoms with E-state index < -0.39 is 0 Å². The topological polar surface area (TPSA) is 106 Å². The summed E-state index contributed by atoms with van der Waals surface area (Å²) in [7, 11) is 0. The van der Waals surface area contributed by atoms with Crippen LogP contribution in [-0.4, -0.2) is 40.1 Å². The number of amides is 1. The van der Waals surface area contributed by atoms with E-state index in [2.05, 4.69) is 26.6 Å². The molecule has 1 aliphatic heterocycles. The number of benzene rings is 2. The number of nitrogens with one attached hydrogen (secondary N) is 2. The molecule has 2 heterocycles. The van der Waals surface area contributed by atoms with Crippen LogP contribution in [0.15, 0.2) is 46.3 Å². The minimum absolute atomic E-state index is 0.116. The predicted octanol–water partition coefficient (Wildman–Crippen LogP) is 2.82. The second-order valence-electron chi connectivity index (χ2n) is 7.34. The van der Waals surface area contributed by atoms with Gasteiger partial charge in [0, 0.05) is 11.3 Å². The van der Waals surface area contributed by atoms with E-state index in [0.717, 1.165) is 36.7 Å². The van der Waals surface area contributed by atoms with Crippen LogP contribution in [0.4, 0.5) is 5.69 Å². The molecule has 2 aliphatic rings. The molecule has 5 rings (SSSR count). The lowest BCUT2D eigenvalue weighted by atomic mass is 10.1. The summed E-state index contributed by atoms with van der Waals surface area (Å²) < 4.78 is 11.0. The number of carbonyl (C=O) groups is 1. The fraction of sp³-hybridized carbons (Fsp3) is 0.273. The Hall–Kier alpha value is -3.33. The number of anilines is 1. The monoisotopic (exact) mass is 436 g/mol. The number of nitrogens with zero attached hydrogens (tertiary/aromatic N) is 2. The summed E-state index contributed by atoms with van der Waals surface area (Å²) in [6, 6.07) is 11.2. The second kappa shape index (κ2) is 8.43. The molecule has 0 unspecified atom stereocenters. The van der Waals surface area contributed by atoms with E-state index in [1.807, 2.05) is 12.1 Å². The van der Waals surface area contributed by atoms with E-state index in [9.17, 15) is 9.59 Å². The number of aryl methyl sites for hydroxylation is 2. The summed E-state index contributed by atoms with van der Waals surface area (Å²) in [6.07, 6.45) is 3.32. The smallest absolute Gasteiger partial charge is 0.278 e. The first-order chi connectivity index (χ1) is 15.2. The molecule has 0 saturated carbocycles. The van der Waals surface area contributed by atoms with Crippen LogP contribution in [0, 0.1) is 0 Å². The molecule has 0 spiro atoms. The highest BCUT2D eigenvalue weighted by molar-refractivity contribution is 7.99. The Morgan fingerprint density at radius 2 is 1.87 bits per heavy atom. The van der Waals surface area contributed by atoms with Gasteiger partial charge in [-0.3, -0.25) is 14.6 Å². The number of thioether (sulfide) groups is 1. The molecule has 0 radical (unpaired) electrons. The number of aromatic nitrogens is 3. The van der Waals surface area contributed by atoms with Crippen molar-refractivity contribution in [3.8, 4) is 22.8 Å². The van der Waals surface area contributed by atoms with E-state index in [1.54, 1.807) is 18.2 Å². The molecule has 0 saturated heterocycles. The normalized spacial score (nSPS) is 14.2. The van der Waals surface area contributed by atoms with E-state index in [0.29, 0.717) is 30.3 Å². The number of hydrogen-bond acceptors (Lipinski definition) is 7. The Kier molecular flexibility index (Phi) is 5.33. The van der Waals surface area contributed by atoms with E-state index in [-0.39, 0.29) is 28.1 Å². The van der Waals surface area contributed by atoms with Gasteiger partial charge in [-0.2, -0.15) is 0 Å². The number of carbonyl (C=O) groups excluding carboxylic acids is 1. The molecular weight excluding hydrogens is 416 g/mol. The maximum Gasteiger partial charge on any atom is 0.278 e. The van der Waals surface area contributed by atoms with Crippen molar-refractivity contribution in [2.75, 3.05) is 24.3 Å². The molecule has 1 aliphatic carbocycles. The SMILES string of the molecule is O=C(CSc1nnc(-c2ccc3c(c2)OCCO3)c(=O)[nH]1)Nc1ccc2c(c1)CCC2. The molecule has 8 nitrogen and oxygen atoms in total. The van der Waals surface area contributed by atoms with E-state index in [4.69, 9.17) is 9.47 Å². The Morgan fingerprint density at radius 1 is 1.03 bits per heavy atom. The van der Waals surface area contributed by atoms with Crippen molar-refractivity contribution in [1.82, 2.24) is 15.2 Å². The van der Waals surface area contributed by atoms with Crippen LogP contribution < -0.4 is 20.3 Å². The zero-order valence-electron chi connectivity index (χ0n) is 16.6. The highest BCUT2D eigenvalue weighted by atomic mass is 32.2. The van der Waals surface area contributed by atoms with Gasteiger partial charge in [-0.25, -0.2) is 0 Å². The lowest BCUT2D eigenvalue weighted by molar-refractivity contribution is -0.113. The first-order valence-electron chi connectivity index (χ1n) is 10.1. The molecule has 1 amide bonds. The number of ether oxygens (including phenoxy) is 2. The van der Waals surface area contributed by atoms with Gasteiger partial charge in [0.2, 0.25) is 5.91 Å². The first kappa shape index (κ1) is 19.6. The molecule has 2 aromatic carbocycles. The second-order valence-corrected chi connectivity index (χ2v) is 8.30. The molecule has 3 aromatic rings. The highest BCUT2D eigenvalue weighted by Gasteiger charge is 2.16. The molecule has 9 heteroatoms. The van der Waals surface area contributed by atoms with Gasteiger partial charge in [-0.1, -0.05) is 17.8 Å². The van der Waals surface area contributed by atoms with Crippen LogP contribution >= 0.6 is 11.8 Å². The molecular formula is C22H20N4O4S. The Morgan fingerprint density at radius 3 is 2.74 bits per heavy atom. The standard InChI is InChI=1S/C22H20N4O4S/c27-19(23-16-6-4-13-2-1-3-14(13)10-16)12-31-22-24-21(28)20(25-26-22)15-5-7-17-18(11-15)30-9-8-29-17/h4-7,10-11H,1-3,8-9,12H2,(H,23,27)(H,24,26,28). The molecule has 158 valence electrons. The highest BCUT2D eigenvalue weighted by Crippen LogP contribution is 2.33. The van der Waals surface area contributed by atoms with Gasteiger partial charge < -0.3 is 14.8 Å². The average Bonchev–Trinajstić information content (AvgIpc) is 3.25. The fourth-order valence-electron chi connectivity index (χ4n) is 3.75. The maximum absolute atomic E-state index is 12.5. The predicted molar refractivity (Wildman–Crippen MR) is 117 cm³/mol. The van der Waals surface area contributed by atoms with Gasteiger partial charge in [0.15, 0.2) is 22.3 Å². The molecule has 0 atom stereocenters. The molecule has 2 N–H and O–H groups in total. The Bertz CT molecular complexity index is 1210. The zero-order valence-corrected chi connectivity index (χ0v) is 17.5. The maximum atomic E-state index is 12.5. The van der Waals surface area contributed by atoms with Crippen LogP contribution in [0.2, 0.25) is 0 Å². The summed E-state index contributed by atoms with van der Waals surface area (Å²) in [5.41, 5.74) is 3.84. The number of aromatic amines is 1. The molecule has 1 aromatic heterocycles. The van der Waals surface area contributed by atoms with Crippen LogP contribution in [0.5, 0.6) is 11.5 Å². The fourth-order valence-corrected chi connectivity index (χ4v) is 4.35. The van der Waals surface area contributed by atoms with Crippen LogP contribution in [0.25, 0.3) is 11.3 Å². The third-order valence-electron chi connectivity index (χ3n) is 5.21. The Balaban J connectivity index is 1.23. The van der Waals surface area contributed by atoms with Gasteiger partial charge in [0.25, 0.3) is 5.56 Å². The van der Waals surface area contributed by atoms with Gasteiger partial charge in [0.05, 0.1) is 5.75 Å². The summed E-state index contributed by atoms with van der Waals surface area (Å²) >= 11 is 1.13. The van der Waals surface area contributed by atoms with Crippen molar-refractivity contribution >= 4 is 23.4 Å². The number of hydrogen-bond donors (Lipinski definition) is 2. The first-order valence-corrected chi connectivity index (χ1v) is 11.1. The van der Waals surface area contributed by atoms with Crippen molar-refractivity contribution in [2.45, 2.75) is 24.4 Å². The van der Waals surface area contributed by atoms with Crippen molar-refractivity contribution in [1.29, 1.82) is 0 Å². The quantitative estimate of drug-likeness (QED) is 0.593. The van der Waals surface area contributed by atoms with Crippen LogP contribution in [-0.2, 0) is 17.6 Å². The minimum atomic E-state index is -0.381.